The van der Waals surface area contributed by atoms with Crippen LogP contribution in [0.15, 0.2) is 59.4 Å². The minimum atomic E-state index is -0.577. The summed E-state index contributed by atoms with van der Waals surface area (Å²) in [7, 11) is 1.56. The number of carbonyl (C=O) groups excluding carboxylic acids is 1. The van der Waals surface area contributed by atoms with Gasteiger partial charge in [-0.2, -0.15) is 4.98 Å². The van der Waals surface area contributed by atoms with E-state index >= 15 is 0 Å². The number of hydrogen-bond acceptors (Lipinski definition) is 4. The molecule has 6 nitrogen and oxygen atoms in total. The van der Waals surface area contributed by atoms with E-state index in [1.54, 1.807) is 37.4 Å². The molecule has 3 rings (SSSR count). The summed E-state index contributed by atoms with van der Waals surface area (Å²) >= 11 is 0. The predicted octanol–water partition coefficient (Wildman–Crippen LogP) is 2.68. The molecule has 0 saturated carbocycles. The van der Waals surface area contributed by atoms with E-state index in [-0.39, 0.29) is 11.6 Å². The number of rotatable bonds is 5. The molecule has 0 atom stereocenters. The summed E-state index contributed by atoms with van der Waals surface area (Å²) in [5.41, 5.74) is 2.80. The number of benzene rings is 2. The maximum Gasteiger partial charge on any atom is 0.346 e. The van der Waals surface area contributed by atoms with Gasteiger partial charge in [-0.1, -0.05) is 36.4 Å². The fourth-order valence-corrected chi connectivity index (χ4v) is 2.59. The maximum absolute atomic E-state index is 12.5. The largest absolute Gasteiger partial charge is 0.497 e. The Kier molecular flexibility index (Phi) is 5.12. The van der Waals surface area contributed by atoms with Crippen LogP contribution in [0.1, 0.15) is 21.6 Å². The van der Waals surface area contributed by atoms with Gasteiger partial charge in [-0.3, -0.25) is 4.79 Å². The van der Waals surface area contributed by atoms with Crippen molar-refractivity contribution in [2.45, 2.75) is 13.5 Å². The van der Waals surface area contributed by atoms with Gasteiger partial charge in [0, 0.05) is 12.1 Å². The van der Waals surface area contributed by atoms with E-state index in [1.165, 1.54) is 0 Å². The first-order chi connectivity index (χ1) is 12.6. The number of aryl methyl sites for hydroxylation is 1. The molecule has 3 aromatic rings. The Morgan fingerprint density at radius 1 is 1.15 bits per heavy atom. The number of amides is 1. The van der Waals surface area contributed by atoms with Crippen LogP contribution in [0.25, 0.3) is 11.3 Å². The molecule has 0 unspecified atom stereocenters. The number of H-pyrrole nitrogens is 1. The number of methoxy groups -OCH3 is 1. The van der Waals surface area contributed by atoms with Crippen LogP contribution in [-0.2, 0) is 6.54 Å². The van der Waals surface area contributed by atoms with E-state index < -0.39 is 5.69 Å². The van der Waals surface area contributed by atoms with Crippen LogP contribution < -0.4 is 15.7 Å². The lowest BCUT2D eigenvalue weighted by atomic mass is 10.1. The van der Waals surface area contributed by atoms with E-state index in [0.717, 1.165) is 11.1 Å². The zero-order valence-electron chi connectivity index (χ0n) is 14.6. The van der Waals surface area contributed by atoms with Gasteiger partial charge in [0.2, 0.25) is 0 Å². The summed E-state index contributed by atoms with van der Waals surface area (Å²) in [6.45, 7) is 2.36. The van der Waals surface area contributed by atoms with Gasteiger partial charge in [-0.15, -0.1) is 0 Å². The third-order valence-electron chi connectivity index (χ3n) is 4.06. The van der Waals surface area contributed by atoms with Gasteiger partial charge in [0.05, 0.1) is 12.8 Å². The van der Waals surface area contributed by atoms with Crippen molar-refractivity contribution >= 4 is 5.91 Å². The van der Waals surface area contributed by atoms with Crippen LogP contribution in [0.4, 0.5) is 0 Å². The van der Waals surface area contributed by atoms with Gasteiger partial charge in [0.25, 0.3) is 5.91 Å². The summed E-state index contributed by atoms with van der Waals surface area (Å²) in [5, 5.41) is 2.82. The molecule has 0 fully saturated rings. The lowest BCUT2D eigenvalue weighted by Gasteiger charge is -2.09. The van der Waals surface area contributed by atoms with E-state index in [4.69, 9.17) is 4.74 Å². The molecule has 1 amide bonds. The minimum Gasteiger partial charge on any atom is -0.497 e. The van der Waals surface area contributed by atoms with Crippen LogP contribution in [0.5, 0.6) is 5.75 Å². The molecular formula is C20H19N3O3. The van der Waals surface area contributed by atoms with Gasteiger partial charge in [0.15, 0.2) is 0 Å². The fraction of sp³-hybridized carbons (Fsp3) is 0.150. The Balaban J connectivity index is 1.84. The van der Waals surface area contributed by atoms with Gasteiger partial charge >= 0.3 is 5.69 Å². The van der Waals surface area contributed by atoms with Crippen LogP contribution >= 0.6 is 0 Å². The molecule has 0 aliphatic carbocycles. The molecule has 0 saturated heterocycles. The average Bonchev–Trinajstić information content (AvgIpc) is 2.66. The van der Waals surface area contributed by atoms with Crippen molar-refractivity contribution in [3.63, 3.8) is 0 Å². The van der Waals surface area contributed by atoms with Crippen molar-refractivity contribution in [1.82, 2.24) is 15.3 Å². The summed E-state index contributed by atoms with van der Waals surface area (Å²) in [6, 6.07) is 16.5. The second-order valence-corrected chi connectivity index (χ2v) is 5.83. The second kappa shape index (κ2) is 7.65. The molecular weight excluding hydrogens is 330 g/mol. The van der Waals surface area contributed by atoms with Gasteiger partial charge in [-0.25, -0.2) is 4.79 Å². The Hall–Kier alpha value is -3.41. The molecule has 0 aliphatic rings. The van der Waals surface area contributed by atoms with E-state index in [2.05, 4.69) is 15.3 Å². The number of carbonyl (C=O) groups is 1. The Bertz CT molecular complexity index is 995. The zero-order chi connectivity index (χ0) is 18.5. The lowest BCUT2D eigenvalue weighted by molar-refractivity contribution is 0.0945. The summed E-state index contributed by atoms with van der Waals surface area (Å²) in [4.78, 5) is 30.8. The molecule has 2 N–H and O–H groups in total. The summed E-state index contributed by atoms with van der Waals surface area (Å²) < 4.78 is 5.19. The number of nitrogens with one attached hydrogen (secondary N) is 2. The highest BCUT2D eigenvalue weighted by Crippen LogP contribution is 2.21. The summed E-state index contributed by atoms with van der Waals surface area (Å²) in [5.74, 6) is 0.284. The van der Waals surface area contributed by atoms with Gasteiger partial charge in [0.1, 0.15) is 11.4 Å². The third kappa shape index (κ3) is 3.97. The Labute approximate surface area is 150 Å². The quantitative estimate of drug-likeness (QED) is 0.742. The normalized spacial score (nSPS) is 10.4. The number of nitrogens with zero attached hydrogens (tertiary/aromatic N) is 1. The molecule has 132 valence electrons. The highest BCUT2D eigenvalue weighted by molar-refractivity contribution is 5.93. The van der Waals surface area contributed by atoms with E-state index in [9.17, 15) is 9.59 Å². The molecule has 0 spiro atoms. The van der Waals surface area contributed by atoms with E-state index in [1.807, 2.05) is 31.2 Å². The first kappa shape index (κ1) is 17.4. The second-order valence-electron chi connectivity index (χ2n) is 5.83. The van der Waals surface area contributed by atoms with Crippen molar-refractivity contribution < 1.29 is 9.53 Å². The highest BCUT2D eigenvalue weighted by Gasteiger charge is 2.11. The number of hydrogen-bond donors (Lipinski definition) is 2. The molecule has 0 bridgehead atoms. The molecule has 2 aromatic carbocycles. The summed E-state index contributed by atoms with van der Waals surface area (Å²) in [6.07, 6.45) is 0. The van der Waals surface area contributed by atoms with Crippen LogP contribution in [0, 0.1) is 6.92 Å². The van der Waals surface area contributed by atoms with Crippen LogP contribution in [0.2, 0.25) is 0 Å². The molecule has 0 aliphatic heterocycles. The average molecular weight is 349 g/mol. The lowest BCUT2D eigenvalue weighted by Crippen LogP contribution is -2.27. The number of ether oxygens (including phenoxy) is 1. The Morgan fingerprint density at radius 3 is 2.73 bits per heavy atom. The Morgan fingerprint density at radius 2 is 1.96 bits per heavy atom. The van der Waals surface area contributed by atoms with Gasteiger partial charge in [-0.05, 0) is 36.2 Å². The van der Waals surface area contributed by atoms with Crippen molar-refractivity contribution in [3.05, 3.63) is 81.9 Å². The van der Waals surface area contributed by atoms with Crippen molar-refractivity contribution in [3.8, 4) is 17.0 Å². The molecule has 26 heavy (non-hydrogen) atoms. The smallest absolute Gasteiger partial charge is 0.346 e. The molecule has 6 heteroatoms. The first-order valence-corrected chi connectivity index (χ1v) is 8.15. The highest BCUT2D eigenvalue weighted by atomic mass is 16.5. The SMILES string of the molecule is COc1cccc(-c2cc(C(=O)NCc3ccccc3C)[nH]c(=O)n2)c1. The minimum absolute atomic E-state index is 0.163. The third-order valence-corrected chi connectivity index (χ3v) is 4.06. The number of aromatic nitrogens is 2. The topological polar surface area (TPSA) is 84.1 Å². The van der Waals surface area contributed by atoms with Crippen molar-refractivity contribution in [2.75, 3.05) is 7.11 Å². The first-order valence-electron chi connectivity index (χ1n) is 8.15. The monoisotopic (exact) mass is 349 g/mol. The van der Waals surface area contributed by atoms with Crippen LogP contribution in [0.3, 0.4) is 0 Å². The maximum atomic E-state index is 12.5. The predicted molar refractivity (Wildman–Crippen MR) is 99.2 cm³/mol. The standard InChI is InChI=1S/C20H19N3O3/c1-13-6-3-4-7-15(13)12-21-19(24)18-11-17(22-20(25)23-18)14-8-5-9-16(10-14)26-2/h3-11H,12H2,1-2H3,(H,21,24)(H,22,23,25). The molecule has 0 radical (unpaired) electrons. The molecule has 1 heterocycles. The van der Waals surface area contributed by atoms with Gasteiger partial charge < -0.3 is 15.0 Å². The van der Waals surface area contributed by atoms with Crippen molar-refractivity contribution in [2.24, 2.45) is 0 Å². The van der Waals surface area contributed by atoms with Crippen LogP contribution in [-0.4, -0.2) is 23.0 Å². The van der Waals surface area contributed by atoms with E-state index in [0.29, 0.717) is 23.6 Å². The number of aromatic amines is 1. The fourth-order valence-electron chi connectivity index (χ4n) is 2.59. The van der Waals surface area contributed by atoms with Crippen molar-refractivity contribution in [1.29, 1.82) is 0 Å². The zero-order valence-corrected chi connectivity index (χ0v) is 14.6. The molecule has 1 aromatic heterocycles.